The number of pyridine rings is 1. The van der Waals surface area contributed by atoms with Gasteiger partial charge in [-0.05, 0) is 25.0 Å². The molecular weight excluding hydrogens is 354 g/mol. The van der Waals surface area contributed by atoms with E-state index >= 15 is 0 Å². The van der Waals surface area contributed by atoms with Gasteiger partial charge >= 0.3 is 5.56 Å². The Hall–Kier alpha value is -2.99. The van der Waals surface area contributed by atoms with Crippen molar-refractivity contribution in [1.29, 1.82) is 0 Å². The lowest BCUT2D eigenvalue weighted by molar-refractivity contribution is -0.672. The Morgan fingerprint density at radius 3 is 3.07 bits per heavy atom. The van der Waals surface area contributed by atoms with Crippen LogP contribution in [0.1, 0.15) is 24.8 Å². The van der Waals surface area contributed by atoms with E-state index in [4.69, 9.17) is 9.57 Å². The van der Waals surface area contributed by atoms with Crippen molar-refractivity contribution in [2.24, 2.45) is 5.16 Å². The first-order chi connectivity index (χ1) is 13.7. The van der Waals surface area contributed by atoms with Gasteiger partial charge in [0.25, 0.3) is 5.65 Å². The topological polar surface area (TPSA) is 56.2 Å². The number of rotatable bonds is 6. The molecule has 0 spiro atoms. The highest BCUT2D eigenvalue weighted by Gasteiger charge is 2.17. The molecule has 0 N–H and O–H groups in total. The van der Waals surface area contributed by atoms with E-state index in [1.54, 1.807) is 10.6 Å². The van der Waals surface area contributed by atoms with Gasteiger partial charge in [-0.15, -0.1) is 0 Å². The average molecular weight is 378 g/mol. The van der Waals surface area contributed by atoms with Crippen LogP contribution in [0.25, 0.3) is 16.8 Å². The van der Waals surface area contributed by atoms with E-state index in [0.29, 0.717) is 18.5 Å². The molecule has 28 heavy (non-hydrogen) atoms. The highest BCUT2D eigenvalue weighted by molar-refractivity contribution is 5.62. The summed E-state index contributed by atoms with van der Waals surface area (Å²) in [5.41, 5.74) is 3.55. The third-order valence-electron chi connectivity index (χ3n) is 4.84. The molecule has 0 aliphatic carbocycles. The van der Waals surface area contributed by atoms with E-state index in [-0.39, 0.29) is 11.8 Å². The summed E-state index contributed by atoms with van der Waals surface area (Å²) in [5.74, 6) is 0. The lowest BCUT2D eigenvalue weighted by atomic mass is 10.1. The molecule has 2 aromatic heterocycles. The van der Waals surface area contributed by atoms with Crippen molar-refractivity contribution in [3.8, 4) is 11.1 Å². The Labute approximate surface area is 163 Å². The zero-order chi connectivity index (χ0) is 19.3. The third-order valence-corrected chi connectivity index (χ3v) is 4.84. The minimum absolute atomic E-state index is 0.0205. The van der Waals surface area contributed by atoms with Crippen LogP contribution in [0.15, 0.2) is 64.8 Å². The Kier molecular flexibility index (Phi) is 5.48. The third kappa shape index (κ3) is 3.97. The van der Waals surface area contributed by atoms with E-state index in [9.17, 15) is 4.79 Å². The number of benzene rings is 1. The van der Waals surface area contributed by atoms with E-state index in [1.807, 2.05) is 61.8 Å². The van der Waals surface area contributed by atoms with Crippen LogP contribution < -0.4 is 10.1 Å². The highest BCUT2D eigenvalue weighted by Crippen LogP contribution is 2.16. The molecule has 0 radical (unpaired) electrons. The number of oxime groups is 1. The second-order valence-corrected chi connectivity index (χ2v) is 6.96. The molecular formula is C22H24N3O3+. The Bertz CT molecular complexity index is 1050. The molecule has 6 nitrogen and oxygen atoms in total. The van der Waals surface area contributed by atoms with Crippen LogP contribution in [0.4, 0.5) is 0 Å². The molecule has 3 aromatic rings. The normalized spacial score (nSPS) is 16.8. The lowest BCUT2D eigenvalue weighted by Gasteiger charge is -2.07. The van der Waals surface area contributed by atoms with Crippen molar-refractivity contribution in [3.63, 3.8) is 0 Å². The molecule has 1 aliphatic heterocycles. The second-order valence-electron chi connectivity index (χ2n) is 6.96. The molecule has 0 amide bonds. The van der Waals surface area contributed by atoms with Crippen LogP contribution in [0.2, 0.25) is 0 Å². The predicted octanol–water partition coefficient (Wildman–Crippen LogP) is 3.09. The van der Waals surface area contributed by atoms with Crippen molar-refractivity contribution in [3.05, 3.63) is 70.8 Å². The smallest absolute Gasteiger partial charge is 0.350 e. The van der Waals surface area contributed by atoms with Crippen LogP contribution in [0, 0.1) is 6.92 Å². The molecule has 1 fully saturated rings. The van der Waals surface area contributed by atoms with Crippen LogP contribution >= 0.6 is 0 Å². The largest absolute Gasteiger partial charge is 0.364 e. The van der Waals surface area contributed by atoms with Gasteiger partial charge in [0.1, 0.15) is 11.8 Å². The first-order valence-electron chi connectivity index (χ1n) is 9.62. The molecule has 1 aromatic carbocycles. The van der Waals surface area contributed by atoms with E-state index in [2.05, 4.69) is 9.72 Å². The fraction of sp³-hybridized carbons (Fsp3) is 0.318. The Morgan fingerprint density at radius 2 is 2.25 bits per heavy atom. The number of fused-ring (bicyclic) bond motifs is 1. The van der Waals surface area contributed by atoms with E-state index in [1.165, 1.54) is 0 Å². The van der Waals surface area contributed by atoms with Crippen LogP contribution in [0.5, 0.6) is 0 Å². The van der Waals surface area contributed by atoms with Crippen LogP contribution in [-0.4, -0.2) is 23.5 Å². The number of ether oxygens (including phenoxy) is 1. The summed E-state index contributed by atoms with van der Waals surface area (Å²) in [4.78, 5) is 18.3. The monoisotopic (exact) mass is 378 g/mol. The van der Waals surface area contributed by atoms with Crippen LogP contribution in [0.3, 0.4) is 0 Å². The van der Waals surface area contributed by atoms with Crippen molar-refractivity contribution in [2.75, 3.05) is 6.61 Å². The second kappa shape index (κ2) is 8.35. The fourth-order valence-electron chi connectivity index (χ4n) is 3.43. The fourth-order valence-corrected chi connectivity index (χ4v) is 3.43. The molecule has 0 bridgehead atoms. The van der Waals surface area contributed by atoms with Gasteiger partial charge in [0.05, 0.1) is 19.3 Å². The zero-order valence-electron chi connectivity index (χ0n) is 16.0. The summed E-state index contributed by atoms with van der Waals surface area (Å²) in [5, 5.41) is 4.03. The molecule has 1 unspecified atom stereocenters. The summed E-state index contributed by atoms with van der Waals surface area (Å²) in [7, 11) is 0. The lowest BCUT2D eigenvalue weighted by Crippen LogP contribution is -2.40. The van der Waals surface area contributed by atoms with E-state index < -0.39 is 0 Å². The summed E-state index contributed by atoms with van der Waals surface area (Å²) >= 11 is 0. The Morgan fingerprint density at radius 1 is 1.32 bits per heavy atom. The van der Waals surface area contributed by atoms with Gasteiger partial charge in [0.15, 0.2) is 0 Å². The van der Waals surface area contributed by atoms with Gasteiger partial charge in [-0.25, -0.2) is 9.36 Å². The summed E-state index contributed by atoms with van der Waals surface area (Å²) in [6.45, 7) is 3.45. The highest BCUT2D eigenvalue weighted by atomic mass is 16.8. The molecule has 1 atom stereocenters. The van der Waals surface area contributed by atoms with Crippen molar-refractivity contribution in [1.82, 2.24) is 4.40 Å². The standard InChI is InChI=1S/C22H24N3O3/c1-17-7-4-8-18(15-17)19-16-24(20-9-2-3-13-25(20)22(19)26)12-6-11-23-28-21-10-5-14-27-21/h2-4,7-9,11,13,15-16,21H,5-6,10,12,14H2,1H3/q+1. The van der Waals surface area contributed by atoms with Crippen molar-refractivity contribution < 1.29 is 14.1 Å². The molecule has 4 rings (SSSR count). The first-order valence-corrected chi connectivity index (χ1v) is 9.62. The molecule has 6 heteroatoms. The minimum Gasteiger partial charge on any atom is -0.364 e. The number of nitrogens with zero attached hydrogens (tertiary/aromatic N) is 3. The maximum absolute atomic E-state index is 13.0. The van der Waals surface area contributed by atoms with Gasteiger partial charge < -0.3 is 9.57 Å². The molecule has 1 aliphatic rings. The number of hydrogen-bond acceptors (Lipinski definition) is 4. The predicted molar refractivity (Wildman–Crippen MR) is 107 cm³/mol. The first kappa shape index (κ1) is 18.4. The van der Waals surface area contributed by atoms with Crippen molar-refractivity contribution in [2.45, 2.75) is 39.0 Å². The summed E-state index contributed by atoms with van der Waals surface area (Å²) in [6, 6.07) is 13.8. The number of hydrogen-bond donors (Lipinski definition) is 0. The molecule has 3 heterocycles. The van der Waals surface area contributed by atoms with Gasteiger partial charge in [-0.1, -0.05) is 41.1 Å². The van der Waals surface area contributed by atoms with Gasteiger partial charge in [0.2, 0.25) is 6.29 Å². The van der Waals surface area contributed by atoms with Crippen LogP contribution in [-0.2, 0) is 16.1 Å². The van der Waals surface area contributed by atoms with Gasteiger partial charge in [-0.2, -0.15) is 4.40 Å². The maximum atomic E-state index is 13.0. The number of aromatic nitrogens is 2. The SMILES string of the molecule is Cc1cccc(-c2c[n+](CCC=NOC3CCCO3)c3ccccn3c2=O)c1. The summed E-state index contributed by atoms with van der Waals surface area (Å²) < 4.78 is 9.16. The Balaban J connectivity index is 1.60. The van der Waals surface area contributed by atoms with Gasteiger partial charge in [-0.3, -0.25) is 0 Å². The number of aryl methyl sites for hydroxylation is 2. The molecule has 144 valence electrons. The molecule has 0 saturated carbocycles. The van der Waals surface area contributed by atoms with Gasteiger partial charge in [0, 0.05) is 25.1 Å². The minimum atomic E-state index is -0.215. The maximum Gasteiger partial charge on any atom is 0.350 e. The van der Waals surface area contributed by atoms with E-state index in [0.717, 1.165) is 36.2 Å². The van der Waals surface area contributed by atoms with Crippen molar-refractivity contribution >= 4 is 11.9 Å². The summed E-state index contributed by atoms with van der Waals surface area (Å²) in [6.07, 6.45) is 7.87. The zero-order valence-corrected chi connectivity index (χ0v) is 16.0. The molecule has 1 saturated heterocycles. The quantitative estimate of drug-likeness (QED) is 0.376. The average Bonchev–Trinajstić information content (AvgIpc) is 3.23.